The minimum atomic E-state index is -0.0577. The summed E-state index contributed by atoms with van der Waals surface area (Å²) < 4.78 is 0. The molecule has 1 heterocycles. The zero-order chi connectivity index (χ0) is 17.8. The quantitative estimate of drug-likeness (QED) is 0.615. The topological polar surface area (TPSA) is 57.8 Å². The zero-order valence-electron chi connectivity index (χ0n) is 14.0. The maximum Gasteiger partial charge on any atom is 0.234 e. The Morgan fingerprint density at radius 2 is 1.92 bits per heavy atom. The lowest BCUT2D eigenvalue weighted by molar-refractivity contribution is -0.113. The van der Waals surface area contributed by atoms with Gasteiger partial charge in [-0.15, -0.1) is 0 Å². The fraction of sp³-hybridized carbons (Fsp3) is 0.158. The van der Waals surface area contributed by atoms with Crippen molar-refractivity contribution in [2.24, 2.45) is 0 Å². The summed E-state index contributed by atoms with van der Waals surface area (Å²) in [6.45, 7) is 4.08. The number of aromatic nitrogens is 2. The van der Waals surface area contributed by atoms with Gasteiger partial charge >= 0.3 is 0 Å². The number of benzene rings is 2. The average molecular weight is 372 g/mol. The molecule has 0 atom stereocenters. The van der Waals surface area contributed by atoms with E-state index in [1.165, 1.54) is 17.3 Å². The number of carbonyl (C=O) groups excluding carboxylic acids is 1. The number of H-pyrrole nitrogens is 1. The second kappa shape index (κ2) is 7.76. The van der Waals surface area contributed by atoms with Crippen LogP contribution in [0.25, 0.3) is 11.3 Å². The lowest BCUT2D eigenvalue weighted by Gasteiger charge is -2.07. The summed E-state index contributed by atoms with van der Waals surface area (Å²) in [5.41, 5.74) is 5.08. The molecule has 0 saturated heterocycles. The molecule has 0 aliphatic heterocycles. The molecule has 0 aliphatic rings. The smallest absolute Gasteiger partial charge is 0.234 e. The van der Waals surface area contributed by atoms with Crippen LogP contribution in [0.1, 0.15) is 11.1 Å². The van der Waals surface area contributed by atoms with Gasteiger partial charge in [0.2, 0.25) is 5.91 Å². The highest BCUT2D eigenvalue weighted by Crippen LogP contribution is 2.23. The third-order valence-electron chi connectivity index (χ3n) is 3.84. The van der Waals surface area contributed by atoms with Gasteiger partial charge in [0.1, 0.15) is 0 Å². The molecular weight excluding hydrogens is 354 g/mol. The van der Waals surface area contributed by atoms with Gasteiger partial charge in [-0.25, -0.2) is 4.98 Å². The highest BCUT2D eigenvalue weighted by Gasteiger charge is 2.08. The van der Waals surface area contributed by atoms with Crippen molar-refractivity contribution in [1.82, 2.24) is 9.97 Å². The highest BCUT2D eigenvalue weighted by molar-refractivity contribution is 7.99. The summed E-state index contributed by atoms with van der Waals surface area (Å²) >= 11 is 7.27. The van der Waals surface area contributed by atoms with E-state index >= 15 is 0 Å². The normalized spacial score (nSPS) is 10.7. The first kappa shape index (κ1) is 17.6. The highest BCUT2D eigenvalue weighted by atomic mass is 35.5. The van der Waals surface area contributed by atoms with Gasteiger partial charge in [-0.2, -0.15) is 0 Å². The van der Waals surface area contributed by atoms with Gasteiger partial charge in [0, 0.05) is 10.7 Å². The molecule has 2 aromatic carbocycles. The molecule has 3 rings (SSSR count). The summed E-state index contributed by atoms with van der Waals surface area (Å²) in [5, 5.41) is 4.31. The van der Waals surface area contributed by atoms with Crippen LogP contribution in [-0.2, 0) is 4.79 Å². The van der Waals surface area contributed by atoms with Crippen molar-refractivity contribution < 1.29 is 4.79 Å². The van der Waals surface area contributed by atoms with Crippen LogP contribution in [0.2, 0.25) is 5.02 Å². The number of nitrogens with zero attached hydrogens (tertiary/aromatic N) is 1. The van der Waals surface area contributed by atoms with Gasteiger partial charge in [-0.05, 0) is 54.8 Å². The van der Waals surface area contributed by atoms with Crippen molar-refractivity contribution in [1.29, 1.82) is 0 Å². The Kier molecular flexibility index (Phi) is 5.46. The molecule has 4 nitrogen and oxygen atoms in total. The third-order valence-corrected chi connectivity index (χ3v) is 4.98. The first-order valence-corrected chi connectivity index (χ1v) is 9.18. The van der Waals surface area contributed by atoms with Crippen molar-refractivity contribution in [3.05, 3.63) is 64.8 Å². The molecular formula is C19H18ClN3OS. The monoisotopic (exact) mass is 371 g/mol. The minimum Gasteiger partial charge on any atom is -0.333 e. The predicted octanol–water partition coefficient (Wildman–Crippen LogP) is 5.08. The van der Waals surface area contributed by atoms with Crippen LogP contribution in [0.15, 0.2) is 53.8 Å². The third kappa shape index (κ3) is 4.65. The number of thioether (sulfide) groups is 1. The fourth-order valence-corrected chi connectivity index (χ4v) is 3.08. The summed E-state index contributed by atoms with van der Waals surface area (Å²) in [6.07, 6.45) is 1.76. The summed E-state index contributed by atoms with van der Waals surface area (Å²) in [5.74, 6) is 0.234. The van der Waals surface area contributed by atoms with E-state index in [4.69, 9.17) is 11.6 Å². The number of halogens is 1. The van der Waals surface area contributed by atoms with E-state index in [1.807, 2.05) is 56.3 Å². The number of aryl methyl sites for hydroxylation is 2. The van der Waals surface area contributed by atoms with Crippen LogP contribution in [0.4, 0.5) is 5.69 Å². The van der Waals surface area contributed by atoms with Crippen LogP contribution in [0.3, 0.4) is 0 Å². The van der Waals surface area contributed by atoms with Gasteiger partial charge in [0.25, 0.3) is 0 Å². The van der Waals surface area contributed by atoms with Crippen molar-refractivity contribution in [2.45, 2.75) is 19.0 Å². The van der Waals surface area contributed by atoms with Gasteiger partial charge in [-0.3, -0.25) is 4.79 Å². The maximum absolute atomic E-state index is 12.1. The molecule has 3 aromatic rings. The molecule has 1 aromatic heterocycles. The van der Waals surface area contributed by atoms with Crippen LogP contribution in [0, 0.1) is 13.8 Å². The van der Waals surface area contributed by atoms with Gasteiger partial charge in [0.15, 0.2) is 5.16 Å². The first-order valence-electron chi connectivity index (χ1n) is 7.82. The molecule has 128 valence electrons. The van der Waals surface area contributed by atoms with E-state index in [9.17, 15) is 4.79 Å². The molecule has 0 fully saturated rings. The van der Waals surface area contributed by atoms with Gasteiger partial charge in [0.05, 0.1) is 17.6 Å². The molecule has 0 unspecified atom stereocenters. The van der Waals surface area contributed by atoms with Crippen molar-refractivity contribution in [3.63, 3.8) is 0 Å². The maximum atomic E-state index is 12.1. The number of hydrogen-bond acceptors (Lipinski definition) is 3. The number of amides is 1. The Balaban J connectivity index is 1.57. The minimum absolute atomic E-state index is 0.0577. The SMILES string of the molecule is Cc1ccc(NC(=O)CSc2ncc(-c3ccc(Cl)cc3)[nH]2)cc1C. The Morgan fingerprint density at radius 3 is 2.64 bits per heavy atom. The first-order chi connectivity index (χ1) is 12.0. The molecule has 6 heteroatoms. The molecule has 0 spiro atoms. The van der Waals surface area contributed by atoms with Crippen molar-refractivity contribution in [2.75, 3.05) is 11.1 Å². The summed E-state index contributed by atoms with van der Waals surface area (Å²) in [7, 11) is 0. The van der Waals surface area contributed by atoms with E-state index < -0.39 is 0 Å². The Bertz CT molecular complexity index is 890. The number of imidazole rings is 1. The summed E-state index contributed by atoms with van der Waals surface area (Å²) in [4.78, 5) is 19.6. The second-order valence-electron chi connectivity index (χ2n) is 5.74. The fourth-order valence-electron chi connectivity index (χ4n) is 2.30. The number of nitrogens with one attached hydrogen (secondary N) is 2. The zero-order valence-corrected chi connectivity index (χ0v) is 15.5. The van der Waals surface area contributed by atoms with E-state index in [-0.39, 0.29) is 5.91 Å². The van der Waals surface area contributed by atoms with Crippen molar-refractivity contribution in [3.8, 4) is 11.3 Å². The molecule has 0 radical (unpaired) electrons. The average Bonchev–Trinajstić information content (AvgIpc) is 3.06. The standard InChI is InChI=1S/C19H18ClN3OS/c1-12-3-8-16(9-13(12)2)22-18(24)11-25-19-21-10-17(23-19)14-4-6-15(20)7-5-14/h3-10H,11H2,1-2H3,(H,21,23)(H,22,24). The Morgan fingerprint density at radius 1 is 1.16 bits per heavy atom. The largest absolute Gasteiger partial charge is 0.333 e. The molecule has 2 N–H and O–H groups in total. The van der Waals surface area contributed by atoms with Gasteiger partial charge in [-0.1, -0.05) is 41.6 Å². The molecule has 0 bridgehead atoms. The Labute approximate surface area is 156 Å². The second-order valence-corrected chi connectivity index (χ2v) is 7.15. The van der Waals surface area contributed by atoms with E-state index in [0.29, 0.717) is 15.9 Å². The van der Waals surface area contributed by atoms with Crippen LogP contribution in [0.5, 0.6) is 0 Å². The van der Waals surface area contributed by atoms with Crippen LogP contribution < -0.4 is 5.32 Å². The van der Waals surface area contributed by atoms with Gasteiger partial charge < -0.3 is 10.3 Å². The number of anilines is 1. The number of hydrogen-bond donors (Lipinski definition) is 2. The molecule has 0 aliphatic carbocycles. The van der Waals surface area contributed by atoms with E-state index in [0.717, 1.165) is 22.5 Å². The predicted molar refractivity (Wildman–Crippen MR) is 104 cm³/mol. The van der Waals surface area contributed by atoms with Crippen LogP contribution in [-0.4, -0.2) is 21.6 Å². The van der Waals surface area contributed by atoms with E-state index in [1.54, 1.807) is 6.20 Å². The number of carbonyl (C=O) groups is 1. The molecule has 0 saturated carbocycles. The lowest BCUT2D eigenvalue weighted by atomic mass is 10.1. The van der Waals surface area contributed by atoms with E-state index in [2.05, 4.69) is 15.3 Å². The number of rotatable bonds is 5. The molecule has 25 heavy (non-hydrogen) atoms. The lowest BCUT2D eigenvalue weighted by Crippen LogP contribution is -2.14. The Hall–Kier alpha value is -2.24. The summed E-state index contributed by atoms with van der Waals surface area (Å²) in [6, 6.07) is 13.4. The van der Waals surface area contributed by atoms with Crippen LogP contribution >= 0.6 is 23.4 Å². The number of aromatic amines is 1. The molecule has 1 amide bonds. The van der Waals surface area contributed by atoms with Crippen molar-refractivity contribution >= 4 is 35.0 Å².